The summed E-state index contributed by atoms with van der Waals surface area (Å²) in [6, 6.07) is 10.4. The van der Waals surface area contributed by atoms with Crippen LogP contribution >= 0.6 is 23.2 Å². The molecule has 29 heavy (non-hydrogen) atoms. The fourth-order valence-electron chi connectivity index (χ4n) is 2.90. The first-order valence-electron chi connectivity index (χ1n) is 8.75. The number of hydrogen-bond acceptors (Lipinski definition) is 5. The molecule has 0 N–H and O–H groups in total. The normalized spacial score (nSPS) is 13.9. The molecule has 1 aliphatic rings. The molecule has 152 valence electrons. The quantitative estimate of drug-likeness (QED) is 0.528. The summed E-state index contributed by atoms with van der Waals surface area (Å²) in [6.07, 6.45) is 0. The molecule has 0 unspecified atom stereocenters. The highest BCUT2D eigenvalue weighted by Gasteiger charge is 2.26. The summed E-state index contributed by atoms with van der Waals surface area (Å²) in [7, 11) is 0. The minimum Gasteiger partial charge on any atom is -0.484 e. The van der Waals surface area contributed by atoms with Crippen LogP contribution in [0.1, 0.15) is 10.4 Å². The van der Waals surface area contributed by atoms with Crippen molar-refractivity contribution in [1.82, 2.24) is 9.80 Å². The monoisotopic (exact) mass is 437 g/mol. The van der Waals surface area contributed by atoms with Crippen molar-refractivity contribution in [3.63, 3.8) is 0 Å². The largest absolute Gasteiger partial charge is 0.484 e. The van der Waals surface area contributed by atoms with Gasteiger partial charge < -0.3 is 14.5 Å². The van der Waals surface area contributed by atoms with Gasteiger partial charge in [-0.05, 0) is 24.3 Å². The van der Waals surface area contributed by atoms with Gasteiger partial charge in [-0.2, -0.15) is 0 Å². The van der Waals surface area contributed by atoms with Gasteiger partial charge in [0.15, 0.2) is 6.61 Å². The number of amides is 2. The van der Waals surface area contributed by atoms with Crippen LogP contribution in [0.3, 0.4) is 0 Å². The molecule has 0 atom stereocenters. The van der Waals surface area contributed by atoms with Gasteiger partial charge in [0.05, 0.1) is 20.5 Å². The molecular formula is C19H17Cl2N3O5. The molecule has 8 nitrogen and oxygen atoms in total. The van der Waals surface area contributed by atoms with Crippen molar-refractivity contribution in [2.45, 2.75) is 0 Å². The van der Waals surface area contributed by atoms with Crippen molar-refractivity contribution in [2.75, 3.05) is 32.8 Å². The third-order valence-corrected chi connectivity index (χ3v) is 5.33. The number of rotatable bonds is 5. The molecule has 0 aromatic heterocycles. The van der Waals surface area contributed by atoms with Crippen molar-refractivity contribution >= 4 is 40.7 Å². The highest BCUT2D eigenvalue weighted by atomic mass is 35.5. The molecule has 2 aromatic rings. The molecule has 0 radical (unpaired) electrons. The Morgan fingerprint density at radius 2 is 1.62 bits per heavy atom. The average molecular weight is 438 g/mol. The minimum absolute atomic E-state index is 0.0516. The van der Waals surface area contributed by atoms with E-state index < -0.39 is 4.92 Å². The molecule has 0 saturated carbocycles. The SMILES string of the molecule is O=C(COc1ccc([N+](=O)[O-])cc1)N1CCN(C(=O)c2cccc(Cl)c2Cl)CC1. The Bertz CT molecular complexity index is 928. The molecule has 2 amide bonds. The Morgan fingerprint density at radius 1 is 1.00 bits per heavy atom. The molecule has 0 spiro atoms. The zero-order chi connectivity index (χ0) is 21.0. The Labute approximate surface area is 176 Å². The second kappa shape index (κ2) is 9.11. The number of nitro groups is 1. The van der Waals surface area contributed by atoms with Gasteiger partial charge in [-0.3, -0.25) is 19.7 Å². The molecule has 1 aliphatic heterocycles. The van der Waals surface area contributed by atoms with Gasteiger partial charge in [0.1, 0.15) is 5.75 Å². The lowest BCUT2D eigenvalue weighted by Crippen LogP contribution is -2.51. The number of carbonyl (C=O) groups is 2. The molecule has 1 heterocycles. The van der Waals surface area contributed by atoms with E-state index in [-0.39, 0.29) is 29.1 Å². The molecule has 10 heteroatoms. The molecule has 0 aliphatic carbocycles. The van der Waals surface area contributed by atoms with Gasteiger partial charge >= 0.3 is 0 Å². The molecule has 3 rings (SSSR count). The number of piperazine rings is 1. The van der Waals surface area contributed by atoms with Crippen LogP contribution in [0.4, 0.5) is 5.69 Å². The van der Waals surface area contributed by atoms with E-state index in [0.29, 0.717) is 42.5 Å². The van der Waals surface area contributed by atoms with E-state index in [9.17, 15) is 19.7 Å². The van der Waals surface area contributed by atoms with Gasteiger partial charge in [-0.25, -0.2) is 0 Å². The summed E-state index contributed by atoms with van der Waals surface area (Å²) in [5, 5.41) is 11.2. The predicted octanol–water partition coefficient (Wildman–Crippen LogP) is 3.27. The summed E-state index contributed by atoms with van der Waals surface area (Å²) >= 11 is 12.1. The predicted molar refractivity (Wildman–Crippen MR) is 108 cm³/mol. The number of nitrogens with zero attached hydrogens (tertiary/aromatic N) is 3. The number of halogens is 2. The van der Waals surface area contributed by atoms with Crippen molar-refractivity contribution in [3.05, 3.63) is 68.2 Å². The van der Waals surface area contributed by atoms with Gasteiger partial charge in [-0.1, -0.05) is 29.3 Å². The van der Waals surface area contributed by atoms with E-state index in [1.165, 1.54) is 24.3 Å². The van der Waals surface area contributed by atoms with E-state index in [4.69, 9.17) is 27.9 Å². The summed E-state index contributed by atoms with van der Waals surface area (Å²) in [5.74, 6) is -0.0867. The summed E-state index contributed by atoms with van der Waals surface area (Å²) in [4.78, 5) is 38.4. The molecule has 2 aromatic carbocycles. The summed E-state index contributed by atoms with van der Waals surface area (Å²) in [5.41, 5.74) is 0.282. The Morgan fingerprint density at radius 3 is 2.24 bits per heavy atom. The number of hydrogen-bond donors (Lipinski definition) is 0. The van der Waals surface area contributed by atoms with Crippen LogP contribution in [0.25, 0.3) is 0 Å². The first-order valence-corrected chi connectivity index (χ1v) is 9.50. The first-order chi connectivity index (χ1) is 13.9. The zero-order valence-electron chi connectivity index (χ0n) is 15.2. The maximum atomic E-state index is 12.6. The van der Waals surface area contributed by atoms with Crippen molar-refractivity contribution in [1.29, 1.82) is 0 Å². The Hall–Kier alpha value is -2.84. The standard InChI is InChI=1S/C19H17Cl2N3O5/c20-16-3-1-2-15(18(16)21)19(26)23-10-8-22(9-11-23)17(25)12-29-14-6-4-13(5-7-14)24(27)28/h1-7H,8-12H2. The number of non-ortho nitro benzene ring substituents is 1. The fourth-order valence-corrected chi connectivity index (χ4v) is 3.28. The van der Waals surface area contributed by atoms with E-state index in [0.717, 1.165) is 0 Å². The maximum absolute atomic E-state index is 12.6. The number of ether oxygens (including phenoxy) is 1. The lowest BCUT2D eigenvalue weighted by atomic mass is 10.1. The van der Waals surface area contributed by atoms with Gasteiger partial charge in [0, 0.05) is 38.3 Å². The second-order valence-corrected chi connectivity index (χ2v) is 7.10. The topological polar surface area (TPSA) is 93.0 Å². The van der Waals surface area contributed by atoms with Crippen LogP contribution < -0.4 is 4.74 Å². The van der Waals surface area contributed by atoms with Crippen LogP contribution in [0.2, 0.25) is 10.0 Å². The van der Waals surface area contributed by atoms with Crippen LogP contribution in [0, 0.1) is 10.1 Å². The number of nitro benzene ring substituents is 1. The van der Waals surface area contributed by atoms with Gasteiger partial charge in [0.2, 0.25) is 0 Å². The Balaban J connectivity index is 1.51. The third kappa shape index (κ3) is 4.96. The van der Waals surface area contributed by atoms with Crippen molar-refractivity contribution < 1.29 is 19.2 Å². The van der Waals surface area contributed by atoms with Gasteiger partial charge in [-0.15, -0.1) is 0 Å². The van der Waals surface area contributed by atoms with Gasteiger partial charge in [0.25, 0.3) is 17.5 Å². The maximum Gasteiger partial charge on any atom is 0.269 e. The molecular weight excluding hydrogens is 421 g/mol. The van der Waals surface area contributed by atoms with E-state index in [1.54, 1.807) is 28.0 Å². The summed E-state index contributed by atoms with van der Waals surface area (Å²) in [6.45, 7) is 1.28. The fraction of sp³-hybridized carbons (Fsp3) is 0.263. The third-order valence-electron chi connectivity index (χ3n) is 4.51. The highest BCUT2D eigenvalue weighted by Crippen LogP contribution is 2.27. The smallest absolute Gasteiger partial charge is 0.269 e. The lowest BCUT2D eigenvalue weighted by Gasteiger charge is -2.34. The van der Waals surface area contributed by atoms with Crippen LogP contribution in [-0.4, -0.2) is 59.3 Å². The average Bonchev–Trinajstić information content (AvgIpc) is 2.74. The first kappa shape index (κ1) is 20.9. The molecule has 1 saturated heterocycles. The van der Waals surface area contributed by atoms with E-state index in [1.807, 2.05) is 0 Å². The van der Waals surface area contributed by atoms with Crippen molar-refractivity contribution in [3.8, 4) is 5.75 Å². The number of carbonyl (C=O) groups excluding carboxylic acids is 2. The summed E-state index contributed by atoms with van der Waals surface area (Å²) < 4.78 is 5.40. The molecule has 0 bridgehead atoms. The zero-order valence-corrected chi connectivity index (χ0v) is 16.7. The second-order valence-electron chi connectivity index (χ2n) is 6.31. The van der Waals surface area contributed by atoms with E-state index >= 15 is 0 Å². The van der Waals surface area contributed by atoms with E-state index in [2.05, 4.69) is 0 Å². The highest BCUT2D eigenvalue weighted by molar-refractivity contribution is 6.43. The minimum atomic E-state index is -0.508. The number of benzene rings is 2. The van der Waals surface area contributed by atoms with Crippen LogP contribution in [0.5, 0.6) is 5.75 Å². The van der Waals surface area contributed by atoms with Crippen LogP contribution in [0.15, 0.2) is 42.5 Å². The molecule has 1 fully saturated rings. The Kier molecular flexibility index (Phi) is 6.56. The lowest BCUT2D eigenvalue weighted by molar-refractivity contribution is -0.384. The van der Waals surface area contributed by atoms with Crippen LogP contribution in [-0.2, 0) is 4.79 Å². The van der Waals surface area contributed by atoms with Crippen molar-refractivity contribution in [2.24, 2.45) is 0 Å².